The summed E-state index contributed by atoms with van der Waals surface area (Å²) < 4.78 is 8.88. The van der Waals surface area contributed by atoms with Crippen LogP contribution in [0.4, 0.5) is 4.79 Å². The van der Waals surface area contributed by atoms with E-state index in [4.69, 9.17) is 34.3 Å². The van der Waals surface area contributed by atoms with E-state index in [2.05, 4.69) is 0 Å². The third-order valence-corrected chi connectivity index (χ3v) is 0. The van der Waals surface area contributed by atoms with Gasteiger partial charge in [0, 0.05) is 17.1 Å². The van der Waals surface area contributed by atoms with Crippen LogP contribution < -0.4 is 0 Å². The Morgan fingerprint density at radius 1 is 1.09 bits per heavy atom. The molecule has 0 bridgehead atoms. The average Bonchev–Trinajstić information content (AvgIpc) is 1.19. The fraction of sp³-hybridized carbons (Fsp3) is 0. The second-order valence-electron chi connectivity index (χ2n) is 0.796. The van der Waals surface area contributed by atoms with E-state index in [9.17, 15) is 0 Å². The first-order valence-corrected chi connectivity index (χ1v) is 3.00. The van der Waals surface area contributed by atoms with Crippen LogP contribution in [-0.4, -0.2) is 49.9 Å². The minimum atomic E-state index is -4.64. The molecule has 0 saturated carbocycles. The molecule has 0 aromatic heterocycles. The molecule has 10 heteroatoms. The van der Waals surface area contributed by atoms with E-state index in [0.717, 1.165) is 0 Å². The Kier molecular flexibility index (Phi) is 21.5. The summed E-state index contributed by atoms with van der Waals surface area (Å²) in [5.74, 6) is 0. The van der Waals surface area contributed by atoms with E-state index in [1.807, 2.05) is 0 Å². The zero-order valence-electron chi connectivity index (χ0n) is 4.35. The molecule has 7 nitrogen and oxygen atoms in total. The van der Waals surface area contributed by atoms with Crippen LogP contribution in [0.15, 0.2) is 0 Å². The number of carbonyl (C=O) groups is 1. The van der Waals surface area contributed by atoms with Crippen LogP contribution in [0, 0.1) is 0 Å². The van der Waals surface area contributed by atoms with Crippen molar-refractivity contribution in [2.45, 2.75) is 0 Å². The predicted octanol–water partition coefficient (Wildman–Crippen LogP) is -1.36. The number of hydrogen-bond donors (Lipinski definition) is 5. The van der Waals surface area contributed by atoms with Gasteiger partial charge in [0.2, 0.25) is 0 Å². The van der Waals surface area contributed by atoms with Gasteiger partial charge in [-0.1, -0.05) is 0 Å². The van der Waals surface area contributed by atoms with Gasteiger partial charge in [0.25, 0.3) is 0 Å². The maximum absolute atomic E-state index is 8.88. The zero-order chi connectivity index (χ0) is 8.08. The van der Waals surface area contributed by atoms with Gasteiger partial charge < -0.3 is 24.9 Å². The molecule has 0 aliphatic rings. The quantitative estimate of drug-likeness (QED) is 0.253. The van der Waals surface area contributed by atoms with Gasteiger partial charge in [-0.25, -0.2) is 9.36 Å². The van der Waals surface area contributed by atoms with Crippen molar-refractivity contribution < 1.29 is 51.3 Å². The SMILES string of the molecule is O=C(O)O.O=P(O)(O)O.[Fe].[LiH]. The summed E-state index contributed by atoms with van der Waals surface area (Å²) in [4.78, 5) is 30.1. The molecule has 0 heterocycles. The summed E-state index contributed by atoms with van der Waals surface area (Å²) in [7, 11) is -4.64. The van der Waals surface area contributed by atoms with Crippen molar-refractivity contribution in [2.24, 2.45) is 0 Å². The molecule has 0 rings (SSSR count). The third kappa shape index (κ3) is 3070. The molecule has 5 N–H and O–H groups in total. The number of rotatable bonds is 0. The molecule has 11 heavy (non-hydrogen) atoms. The van der Waals surface area contributed by atoms with E-state index in [1.54, 1.807) is 0 Å². The Hall–Kier alpha value is 0.497. The van der Waals surface area contributed by atoms with Crippen molar-refractivity contribution in [3.8, 4) is 0 Å². The van der Waals surface area contributed by atoms with Gasteiger partial charge in [-0.15, -0.1) is 0 Å². The molecule has 0 aliphatic carbocycles. The molecule has 0 amide bonds. The van der Waals surface area contributed by atoms with Crippen LogP contribution in [0.25, 0.3) is 0 Å². The topological polar surface area (TPSA) is 135 Å². The molecule has 0 unspecified atom stereocenters. The zero-order valence-corrected chi connectivity index (χ0v) is 6.35. The van der Waals surface area contributed by atoms with Gasteiger partial charge in [-0.2, -0.15) is 0 Å². The van der Waals surface area contributed by atoms with E-state index in [0.29, 0.717) is 0 Å². The van der Waals surface area contributed by atoms with Gasteiger partial charge in [-0.3, -0.25) is 0 Å². The van der Waals surface area contributed by atoms with Gasteiger partial charge in [0.05, 0.1) is 0 Å². The number of hydrogen-bond acceptors (Lipinski definition) is 2. The fourth-order valence-corrected chi connectivity index (χ4v) is 0. The molecule has 0 atom stereocenters. The molecule has 0 fully saturated rings. The van der Waals surface area contributed by atoms with Crippen LogP contribution in [-0.2, 0) is 21.6 Å². The van der Waals surface area contributed by atoms with E-state index in [1.165, 1.54) is 0 Å². The van der Waals surface area contributed by atoms with Crippen molar-refractivity contribution in [3.05, 3.63) is 0 Å². The van der Waals surface area contributed by atoms with E-state index >= 15 is 0 Å². The molecule has 0 aliphatic heterocycles. The predicted molar refractivity (Wildman–Crippen MR) is 32.1 cm³/mol. The summed E-state index contributed by atoms with van der Waals surface area (Å²) in [6.07, 6.45) is -1.83. The Labute approximate surface area is 84.3 Å². The molecule has 66 valence electrons. The molecule has 0 spiro atoms. The summed E-state index contributed by atoms with van der Waals surface area (Å²) in [5.41, 5.74) is 0. The Bertz CT molecular complexity index is 118. The Morgan fingerprint density at radius 3 is 1.09 bits per heavy atom. The van der Waals surface area contributed by atoms with E-state index < -0.39 is 14.0 Å². The Balaban J connectivity index is -0.0000000383. The average molecular weight is 224 g/mol. The van der Waals surface area contributed by atoms with E-state index in [-0.39, 0.29) is 35.9 Å². The monoisotopic (exact) mass is 224 g/mol. The minimum absolute atomic E-state index is 0. The van der Waals surface area contributed by atoms with Crippen molar-refractivity contribution in [1.82, 2.24) is 0 Å². The van der Waals surface area contributed by atoms with Crippen molar-refractivity contribution in [1.29, 1.82) is 0 Å². The van der Waals surface area contributed by atoms with Crippen LogP contribution in [0.5, 0.6) is 0 Å². The summed E-state index contributed by atoms with van der Waals surface area (Å²) >= 11 is 0. The molecular formula is CH6FeLiO7P. The first-order chi connectivity index (χ1) is 3.73. The second kappa shape index (κ2) is 10.5. The summed E-state index contributed by atoms with van der Waals surface area (Å²) in [5, 5.41) is 13.9. The first kappa shape index (κ1) is 22.5. The van der Waals surface area contributed by atoms with Crippen LogP contribution in [0.2, 0.25) is 0 Å². The standard InChI is InChI=1S/CH2O3.Fe.Li.H3O4P.H/c2-1(3)4;;;1-5(2,3)4;/h(H2,2,3,4);;;(H3,1,2,3,4);. The van der Waals surface area contributed by atoms with Crippen molar-refractivity contribution in [3.63, 3.8) is 0 Å². The van der Waals surface area contributed by atoms with Gasteiger partial charge in [0.15, 0.2) is 0 Å². The molecule has 0 aromatic rings. The van der Waals surface area contributed by atoms with Crippen LogP contribution >= 0.6 is 7.82 Å². The van der Waals surface area contributed by atoms with Gasteiger partial charge in [0.1, 0.15) is 0 Å². The Morgan fingerprint density at radius 2 is 1.09 bits per heavy atom. The summed E-state index contributed by atoms with van der Waals surface area (Å²) in [6.45, 7) is 0. The number of phosphoric acid groups is 1. The maximum atomic E-state index is 8.88. The molecule has 0 aromatic carbocycles. The van der Waals surface area contributed by atoms with Crippen molar-refractivity contribution >= 4 is 32.8 Å². The van der Waals surface area contributed by atoms with Gasteiger partial charge in [-0.05, 0) is 0 Å². The second-order valence-corrected chi connectivity index (χ2v) is 1.82. The van der Waals surface area contributed by atoms with Crippen LogP contribution in [0.3, 0.4) is 0 Å². The summed E-state index contributed by atoms with van der Waals surface area (Å²) in [6, 6.07) is 0. The van der Waals surface area contributed by atoms with Gasteiger partial charge >= 0.3 is 32.8 Å². The molecular weight excluding hydrogens is 218 g/mol. The molecule has 0 radical (unpaired) electrons. The third-order valence-electron chi connectivity index (χ3n) is 0. The van der Waals surface area contributed by atoms with Crippen LogP contribution in [0.1, 0.15) is 0 Å². The first-order valence-electron chi connectivity index (χ1n) is 1.43. The van der Waals surface area contributed by atoms with Crippen molar-refractivity contribution in [2.75, 3.05) is 0 Å². The molecule has 0 saturated heterocycles. The number of carboxylic acid groups (broad SMARTS) is 2. The normalized spacial score (nSPS) is 7.55. The fourth-order valence-electron chi connectivity index (χ4n) is 0.